The predicted octanol–water partition coefficient (Wildman–Crippen LogP) is 4.24. The molecule has 6 nitrogen and oxygen atoms in total. The third-order valence-electron chi connectivity index (χ3n) is 2.99. The third kappa shape index (κ3) is 4.65. The second-order valence-electron chi connectivity index (χ2n) is 4.75. The second-order valence-corrected chi connectivity index (χ2v) is 5.99. The van der Waals surface area contributed by atoms with E-state index in [1.54, 1.807) is 30.3 Å². The van der Waals surface area contributed by atoms with Gasteiger partial charge in [0.05, 0.1) is 17.6 Å². The number of anilines is 1. The maximum absolute atomic E-state index is 12.2. The minimum absolute atomic E-state index is 0.141. The Morgan fingerprint density at radius 1 is 1.26 bits per heavy atom. The Morgan fingerprint density at radius 3 is 2.57 bits per heavy atom. The first-order chi connectivity index (χ1) is 11.0. The molecule has 1 amide bonds. The summed E-state index contributed by atoms with van der Waals surface area (Å²) in [7, 11) is 0. The van der Waals surface area contributed by atoms with Crippen molar-refractivity contribution in [1.29, 1.82) is 0 Å². The lowest BCUT2D eigenvalue weighted by atomic mass is 10.2. The standard InChI is InChI=1S/C16H15IN2O4/c1-2-9-23-13-7-8-14(15(10-13)19(21)22)18-16(20)11-3-5-12(17)6-4-11/h3-8,10H,2,9H2,1H3,(H,18,20). The van der Waals surface area contributed by atoms with E-state index >= 15 is 0 Å². The number of nitro benzene ring substituents is 1. The van der Waals surface area contributed by atoms with E-state index in [0.717, 1.165) is 9.99 Å². The number of hydrogen-bond donors (Lipinski definition) is 1. The Labute approximate surface area is 147 Å². The van der Waals surface area contributed by atoms with Gasteiger partial charge in [0.1, 0.15) is 11.4 Å². The molecule has 0 aromatic heterocycles. The van der Waals surface area contributed by atoms with E-state index in [1.165, 1.54) is 12.1 Å². The zero-order chi connectivity index (χ0) is 16.8. The number of rotatable bonds is 6. The topological polar surface area (TPSA) is 81.5 Å². The van der Waals surface area contributed by atoms with Crippen LogP contribution in [0.1, 0.15) is 23.7 Å². The Morgan fingerprint density at radius 2 is 1.96 bits per heavy atom. The number of nitro groups is 1. The first-order valence-corrected chi connectivity index (χ1v) is 8.07. The highest BCUT2D eigenvalue weighted by molar-refractivity contribution is 14.1. The number of carbonyl (C=O) groups excluding carboxylic acids is 1. The fourth-order valence-corrected chi connectivity index (χ4v) is 2.23. The molecule has 0 bridgehead atoms. The van der Waals surface area contributed by atoms with E-state index in [4.69, 9.17) is 4.74 Å². The van der Waals surface area contributed by atoms with Gasteiger partial charge in [0.2, 0.25) is 0 Å². The molecule has 0 saturated heterocycles. The van der Waals surface area contributed by atoms with Gasteiger partial charge in [-0.05, 0) is 65.4 Å². The molecular weight excluding hydrogens is 411 g/mol. The molecule has 0 saturated carbocycles. The van der Waals surface area contributed by atoms with Crippen LogP contribution in [0.5, 0.6) is 5.75 Å². The minimum Gasteiger partial charge on any atom is -0.493 e. The van der Waals surface area contributed by atoms with Gasteiger partial charge in [0.25, 0.3) is 11.6 Å². The minimum atomic E-state index is -0.539. The summed E-state index contributed by atoms with van der Waals surface area (Å²) in [6.45, 7) is 2.43. The van der Waals surface area contributed by atoms with Crippen molar-refractivity contribution in [2.24, 2.45) is 0 Å². The second kappa shape index (κ2) is 7.91. The molecule has 0 aliphatic heterocycles. The van der Waals surface area contributed by atoms with Gasteiger partial charge in [-0.1, -0.05) is 6.92 Å². The molecule has 0 unspecified atom stereocenters. The molecule has 1 N–H and O–H groups in total. The van der Waals surface area contributed by atoms with Crippen LogP contribution in [0.4, 0.5) is 11.4 Å². The first-order valence-electron chi connectivity index (χ1n) is 6.99. The quantitative estimate of drug-likeness (QED) is 0.426. The largest absolute Gasteiger partial charge is 0.493 e. The highest BCUT2D eigenvalue weighted by Crippen LogP contribution is 2.29. The molecule has 2 aromatic rings. The van der Waals surface area contributed by atoms with Crippen LogP contribution in [-0.4, -0.2) is 17.4 Å². The van der Waals surface area contributed by atoms with Gasteiger partial charge in [-0.3, -0.25) is 14.9 Å². The number of amides is 1. The third-order valence-corrected chi connectivity index (χ3v) is 3.71. The van der Waals surface area contributed by atoms with Crippen LogP contribution in [0.3, 0.4) is 0 Å². The van der Waals surface area contributed by atoms with Crippen molar-refractivity contribution in [3.05, 3.63) is 61.7 Å². The summed E-state index contributed by atoms with van der Waals surface area (Å²) in [6, 6.07) is 11.3. The van der Waals surface area contributed by atoms with Gasteiger partial charge in [0, 0.05) is 9.13 Å². The van der Waals surface area contributed by atoms with Crippen molar-refractivity contribution in [2.75, 3.05) is 11.9 Å². The summed E-state index contributed by atoms with van der Waals surface area (Å²) >= 11 is 2.14. The molecule has 2 rings (SSSR count). The van der Waals surface area contributed by atoms with E-state index in [1.807, 2.05) is 6.92 Å². The van der Waals surface area contributed by atoms with Crippen molar-refractivity contribution in [3.63, 3.8) is 0 Å². The van der Waals surface area contributed by atoms with Gasteiger partial charge in [-0.2, -0.15) is 0 Å². The monoisotopic (exact) mass is 426 g/mol. The molecule has 0 heterocycles. The molecule has 0 radical (unpaired) electrons. The van der Waals surface area contributed by atoms with E-state index in [-0.39, 0.29) is 11.4 Å². The van der Waals surface area contributed by atoms with Crippen LogP contribution in [-0.2, 0) is 0 Å². The average Bonchev–Trinajstić information content (AvgIpc) is 2.54. The summed E-state index contributed by atoms with van der Waals surface area (Å²) in [5.41, 5.74) is 0.380. The number of halogens is 1. The molecule has 0 atom stereocenters. The van der Waals surface area contributed by atoms with Crippen LogP contribution in [0.15, 0.2) is 42.5 Å². The summed E-state index contributed by atoms with van der Waals surface area (Å²) in [6.07, 6.45) is 0.805. The van der Waals surface area contributed by atoms with E-state index in [9.17, 15) is 14.9 Å². The molecule has 7 heteroatoms. The summed E-state index contributed by atoms with van der Waals surface area (Å²) in [4.78, 5) is 22.9. The number of nitrogens with one attached hydrogen (secondary N) is 1. The number of carbonyl (C=O) groups is 1. The predicted molar refractivity (Wildman–Crippen MR) is 96.0 cm³/mol. The summed E-state index contributed by atoms with van der Waals surface area (Å²) in [5, 5.41) is 13.8. The number of hydrogen-bond acceptors (Lipinski definition) is 4. The maximum Gasteiger partial charge on any atom is 0.296 e. The van der Waals surface area contributed by atoms with Gasteiger partial charge in [-0.25, -0.2) is 0 Å². The summed E-state index contributed by atoms with van der Waals surface area (Å²) < 4.78 is 6.39. The van der Waals surface area contributed by atoms with Crippen LogP contribution < -0.4 is 10.1 Å². The number of nitrogens with zero attached hydrogens (tertiary/aromatic N) is 1. The highest BCUT2D eigenvalue weighted by atomic mass is 127. The Hall–Kier alpha value is -2.16. The molecule has 0 aliphatic rings. The zero-order valence-corrected chi connectivity index (χ0v) is 14.6. The lowest BCUT2D eigenvalue weighted by Crippen LogP contribution is -2.13. The van der Waals surface area contributed by atoms with Crippen molar-refractivity contribution in [3.8, 4) is 5.75 Å². The van der Waals surface area contributed by atoms with Crippen molar-refractivity contribution < 1.29 is 14.5 Å². The van der Waals surface area contributed by atoms with Crippen molar-refractivity contribution >= 4 is 39.9 Å². The molecule has 2 aromatic carbocycles. The first kappa shape index (κ1) is 17.2. The van der Waals surface area contributed by atoms with Gasteiger partial charge in [0.15, 0.2) is 0 Å². The maximum atomic E-state index is 12.2. The zero-order valence-electron chi connectivity index (χ0n) is 12.4. The number of benzene rings is 2. The molecule has 120 valence electrons. The van der Waals surface area contributed by atoms with Crippen molar-refractivity contribution in [2.45, 2.75) is 13.3 Å². The Bertz CT molecular complexity index is 717. The highest BCUT2D eigenvalue weighted by Gasteiger charge is 2.18. The smallest absolute Gasteiger partial charge is 0.296 e. The fraction of sp³-hybridized carbons (Fsp3) is 0.188. The fourth-order valence-electron chi connectivity index (χ4n) is 1.87. The summed E-state index contributed by atoms with van der Waals surface area (Å²) in [5.74, 6) is 0.0116. The van der Waals surface area contributed by atoms with E-state index in [0.29, 0.717) is 17.9 Å². The van der Waals surface area contributed by atoms with Gasteiger partial charge >= 0.3 is 0 Å². The van der Waals surface area contributed by atoms with Gasteiger partial charge < -0.3 is 10.1 Å². The number of ether oxygens (including phenoxy) is 1. The molecule has 0 aliphatic carbocycles. The molecule has 0 fully saturated rings. The van der Waals surface area contributed by atoms with E-state index in [2.05, 4.69) is 27.9 Å². The van der Waals surface area contributed by atoms with Crippen LogP contribution in [0.2, 0.25) is 0 Å². The van der Waals surface area contributed by atoms with E-state index < -0.39 is 10.8 Å². The van der Waals surface area contributed by atoms with Crippen LogP contribution in [0.25, 0.3) is 0 Å². The molecule has 0 spiro atoms. The van der Waals surface area contributed by atoms with Crippen LogP contribution >= 0.6 is 22.6 Å². The Kier molecular flexibility index (Phi) is 5.91. The average molecular weight is 426 g/mol. The lowest BCUT2D eigenvalue weighted by Gasteiger charge is -2.09. The van der Waals surface area contributed by atoms with Crippen LogP contribution in [0, 0.1) is 13.7 Å². The lowest BCUT2D eigenvalue weighted by molar-refractivity contribution is -0.384. The normalized spacial score (nSPS) is 10.2. The van der Waals surface area contributed by atoms with Crippen molar-refractivity contribution in [1.82, 2.24) is 0 Å². The molecule has 23 heavy (non-hydrogen) atoms. The van der Waals surface area contributed by atoms with Gasteiger partial charge in [-0.15, -0.1) is 0 Å². The molecular formula is C16H15IN2O4. The Balaban J connectivity index is 2.22. The SMILES string of the molecule is CCCOc1ccc(NC(=O)c2ccc(I)cc2)c([N+](=O)[O-])c1.